The maximum atomic E-state index is 6.69. The minimum absolute atomic E-state index is 0.239. The molecule has 1 aliphatic carbocycles. The van der Waals surface area contributed by atoms with Crippen LogP contribution < -0.4 is 5.73 Å². The smallest absolute Gasteiger partial charge is 0.0139 e. The van der Waals surface area contributed by atoms with Gasteiger partial charge in [-0.25, -0.2) is 0 Å². The lowest BCUT2D eigenvalue weighted by Gasteiger charge is -2.43. The van der Waals surface area contributed by atoms with Crippen LogP contribution in [0, 0.1) is 5.92 Å². The lowest BCUT2D eigenvalue weighted by molar-refractivity contribution is 0.217. The van der Waals surface area contributed by atoms with E-state index in [9.17, 15) is 0 Å². The van der Waals surface area contributed by atoms with Crippen LogP contribution in [-0.4, -0.2) is 6.04 Å². The molecule has 0 radical (unpaired) electrons. The zero-order chi connectivity index (χ0) is 13.7. The summed E-state index contributed by atoms with van der Waals surface area (Å²) in [4.78, 5) is 0. The lowest BCUT2D eigenvalue weighted by Crippen LogP contribution is -2.47. The van der Waals surface area contributed by atoms with Crippen molar-refractivity contribution in [2.24, 2.45) is 11.7 Å². The summed E-state index contributed by atoms with van der Waals surface area (Å²) in [6.07, 6.45) is 8.99. The van der Waals surface area contributed by atoms with Crippen molar-refractivity contribution in [1.29, 1.82) is 0 Å². The second-order valence-electron chi connectivity index (χ2n) is 6.44. The number of rotatable bonds is 5. The Morgan fingerprint density at radius 2 is 1.74 bits per heavy atom. The van der Waals surface area contributed by atoms with E-state index in [4.69, 9.17) is 5.73 Å². The highest BCUT2D eigenvalue weighted by Crippen LogP contribution is 2.43. The van der Waals surface area contributed by atoms with E-state index in [1.54, 1.807) is 0 Å². The molecule has 2 rings (SSSR count). The minimum Gasteiger partial charge on any atom is -0.327 e. The van der Waals surface area contributed by atoms with Gasteiger partial charge in [0.25, 0.3) is 0 Å². The van der Waals surface area contributed by atoms with Crippen molar-refractivity contribution in [1.82, 2.24) is 0 Å². The Bertz CT molecular complexity index is 365. The summed E-state index contributed by atoms with van der Waals surface area (Å²) in [5, 5.41) is 0. The molecule has 1 aromatic rings. The molecule has 19 heavy (non-hydrogen) atoms. The van der Waals surface area contributed by atoms with Crippen LogP contribution in [0.4, 0.5) is 0 Å². The van der Waals surface area contributed by atoms with E-state index in [1.807, 2.05) is 0 Å². The highest BCUT2D eigenvalue weighted by Gasteiger charge is 2.39. The monoisotopic (exact) mass is 259 g/mol. The molecule has 0 aliphatic heterocycles. The first-order valence-electron chi connectivity index (χ1n) is 8.00. The molecule has 1 heteroatoms. The Morgan fingerprint density at radius 1 is 1.11 bits per heavy atom. The van der Waals surface area contributed by atoms with Crippen molar-refractivity contribution in [3.05, 3.63) is 35.9 Å². The molecule has 0 saturated heterocycles. The van der Waals surface area contributed by atoms with Crippen LogP contribution in [0.3, 0.4) is 0 Å². The number of nitrogens with two attached hydrogens (primary N) is 1. The van der Waals surface area contributed by atoms with Gasteiger partial charge < -0.3 is 5.73 Å². The Morgan fingerprint density at radius 3 is 2.32 bits per heavy atom. The summed E-state index contributed by atoms with van der Waals surface area (Å²) in [5.41, 5.74) is 8.41. The topological polar surface area (TPSA) is 26.0 Å². The van der Waals surface area contributed by atoms with Crippen molar-refractivity contribution in [2.45, 2.75) is 70.3 Å². The first-order valence-corrected chi connectivity index (χ1v) is 8.00. The van der Waals surface area contributed by atoms with Crippen molar-refractivity contribution >= 4 is 0 Å². The molecule has 0 aromatic heterocycles. The SMILES string of the molecule is CCC(C)CC(N)C1(c2ccccc2)CCCCC1. The van der Waals surface area contributed by atoms with E-state index in [-0.39, 0.29) is 5.41 Å². The third kappa shape index (κ3) is 3.20. The van der Waals surface area contributed by atoms with Crippen molar-refractivity contribution < 1.29 is 0 Å². The molecular formula is C18H29N. The first-order chi connectivity index (χ1) is 9.19. The summed E-state index contributed by atoms with van der Waals surface area (Å²) in [6.45, 7) is 4.61. The fourth-order valence-corrected chi connectivity index (χ4v) is 3.65. The Kier molecular flexibility index (Phi) is 5.04. The van der Waals surface area contributed by atoms with Gasteiger partial charge in [-0.15, -0.1) is 0 Å². The van der Waals surface area contributed by atoms with Crippen molar-refractivity contribution in [3.63, 3.8) is 0 Å². The van der Waals surface area contributed by atoms with E-state index < -0.39 is 0 Å². The molecule has 2 N–H and O–H groups in total. The number of hydrogen-bond acceptors (Lipinski definition) is 1. The van der Waals surface area contributed by atoms with Gasteiger partial charge in [-0.1, -0.05) is 69.9 Å². The summed E-state index contributed by atoms with van der Waals surface area (Å²) in [5.74, 6) is 0.734. The van der Waals surface area contributed by atoms with Gasteiger partial charge in [0.15, 0.2) is 0 Å². The third-order valence-electron chi connectivity index (χ3n) is 5.16. The van der Waals surface area contributed by atoms with Crippen LogP contribution in [0.1, 0.15) is 64.4 Å². The Balaban J connectivity index is 2.24. The standard InChI is InChI=1S/C18H29N/c1-3-15(2)14-17(19)18(12-8-5-9-13-18)16-10-6-4-7-11-16/h4,6-7,10-11,15,17H,3,5,8-9,12-14,19H2,1-2H3. The van der Waals surface area contributed by atoms with Crippen LogP contribution >= 0.6 is 0 Å². The summed E-state index contributed by atoms with van der Waals surface area (Å²) in [6, 6.07) is 11.3. The summed E-state index contributed by atoms with van der Waals surface area (Å²) < 4.78 is 0. The summed E-state index contributed by atoms with van der Waals surface area (Å²) in [7, 11) is 0. The molecule has 1 saturated carbocycles. The van der Waals surface area contributed by atoms with Crippen LogP contribution in [0.5, 0.6) is 0 Å². The highest BCUT2D eigenvalue weighted by atomic mass is 14.7. The quantitative estimate of drug-likeness (QED) is 0.818. The highest BCUT2D eigenvalue weighted by molar-refractivity contribution is 5.28. The average Bonchev–Trinajstić information content (AvgIpc) is 2.48. The van der Waals surface area contributed by atoms with Crippen molar-refractivity contribution in [3.8, 4) is 0 Å². The second-order valence-corrected chi connectivity index (χ2v) is 6.44. The van der Waals surface area contributed by atoms with E-state index in [0.29, 0.717) is 6.04 Å². The maximum absolute atomic E-state index is 6.69. The van der Waals surface area contributed by atoms with E-state index in [0.717, 1.165) is 12.3 Å². The van der Waals surface area contributed by atoms with Gasteiger partial charge in [-0.3, -0.25) is 0 Å². The molecule has 0 amide bonds. The van der Waals surface area contributed by atoms with Gasteiger partial charge in [-0.2, -0.15) is 0 Å². The van der Waals surface area contributed by atoms with Gasteiger partial charge in [0.05, 0.1) is 0 Å². The van der Waals surface area contributed by atoms with E-state index in [1.165, 1.54) is 44.1 Å². The molecule has 0 spiro atoms. The van der Waals surface area contributed by atoms with Crippen LogP contribution in [0.25, 0.3) is 0 Å². The molecule has 2 atom stereocenters. The third-order valence-corrected chi connectivity index (χ3v) is 5.16. The van der Waals surface area contributed by atoms with Crippen LogP contribution in [0.15, 0.2) is 30.3 Å². The molecule has 1 aromatic carbocycles. The zero-order valence-electron chi connectivity index (χ0n) is 12.6. The Hall–Kier alpha value is -0.820. The molecule has 1 fully saturated rings. The van der Waals surface area contributed by atoms with Gasteiger partial charge in [-0.05, 0) is 30.7 Å². The van der Waals surface area contributed by atoms with E-state index in [2.05, 4.69) is 44.2 Å². The van der Waals surface area contributed by atoms with Gasteiger partial charge in [0.2, 0.25) is 0 Å². The van der Waals surface area contributed by atoms with E-state index >= 15 is 0 Å². The predicted molar refractivity (Wildman–Crippen MR) is 83.3 cm³/mol. The fraction of sp³-hybridized carbons (Fsp3) is 0.667. The molecule has 2 unspecified atom stereocenters. The molecule has 0 bridgehead atoms. The predicted octanol–water partition coefficient (Wildman–Crippen LogP) is 4.65. The molecule has 0 heterocycles. The zero-order valence-corrected chi connectivity index (χ0v) is 12.6. The first kappa shape index (κ1) is 14.6. The number of benzene rings is 1. The molecular weight excluding hydrogens is 230 g/mol. The fourth-order valence-electron chi connectivity index (χ4n) is 3.65. The maximum Gasteiger partial charge on any atom is 0.0139 e. The van der Waals surface area contributed by atoms with Crippen LogP contribution in [-0.2, 0) is 5.41 Å². The Labute approximate surface area is 118 Å². The average molecular weight is 259 g/mol. The second kappa shape index (κ2) is 6.56. The minimum atomic E-state index is 0.239. The largest absolute Gasteiger partial charge is 0.327 e. The van der Waals surface area contributed by atoms with Gasteiger partial charge >= 0.3 is 0 Å². The normalized spacial score (nSPS) is 21.8. The molecule has 1 aliphatic rings. The lowest BCUT2D eigenvalue weighted by atomic mass is 9.63. The summed E-state index contributed by atoms with van der Waals surface area (Å²) >= 11 is 0. The molecule has 1 nitrogen and oxygen atoms in total. The van der Waals surface area contributed by atoms with Gasteiger partial charge in [0, 0.05) is 11.5 Å². The van der Waals surface area contributed by atoms with Crippen molar-refractivity contribution in [2.75, 3.05) is 0 Å². The van der Waals surface area contributed by atoms with Gasteiger partial charge in [0.1, 0.15) is 0 Å². The molecule has 106 valence electrons. The van der Waals surface area contributed by atoms with Crippen LogP contribution in [0.2, 0.25) is 0 Å². The number of hydrogen-bond donors (Lipinski definition) is 1.